The molecule has 0 heterocycles. The molecule has 0 saturated carbocycles. The van der Waals surface area contributed by atoms with Crippen LogP contribution in [0.2, 0.25) is 5.02 Å². The van der Waals surface area contributed by atoms with Crippen molar-refractivity contribution in [1.29, 1.82) is 0 Å². The summed E-state index contributed by atoms with van der Waals surface area (Å²) in [4.78, 5) is 22.4. The van der Waals surface area contributed by atoms with E-state index in [9.17, 15) is 14.0 Å². The Morgan fingerprint density at radius 3 is 2.67 bits per heavy atom. The topological polar surface area (TPSA) is 66.4 Å². The smallest absolute Gasteiger partial charge is 0.305 e. The van der Waals surface area contributed by atoms with Gasteiger partial charge in [0.2, 0.25) is 0 Å². The van der Waals surface area contributed by atoms with Crippen molar-refractivity contribution in [3.8, 4) is 0 Å². The Balaban J connectivity index is 2.84. The first kappa shape index (κ1) is 14.4. The Labute approximate surface area is 109 Å². The summed E-state index contributed by atoms with van der Waals surface area (Å²) in [6.45, 7) is 1.73. The highest BCUT2D eigenvalue weighted by Gasteiger charge is 2.19. The number of benzene rings is 1. The maximum atomic E-state index is 13.5. The van der Waals surface area contributed by atoms with Gasteiger partial charge in [0.1, 0.15) is 5.82 Å². The number of nitrogens with one attached hydrogen (secondary N) is 1. The lowest BCUT2D eigenvalue weighted by Gasteiger charge is -2.15. The van der Waals surface area contributed by atoms with Crippen molar-refractivity contribution in [2.75, 3.05) is 0 Å². The van der Waals surface area contributed by atoms with Crippen molar-refractivity contribution in [1.82, 2.24) is 5.32 Å². The van der Waals surface area contributed by atoms with Crippen LogP contribution in [0.15, 0.2) is 18.2 Å². The lowest BCUT2D eigenvalue weighted by molar-refractivity contribution is -0.137. The molecule has 18 heavy (non-hydrogen) atoms. The predicted molar refractivity (Wildman–Crippen MR) is 65.2 cm³/mol. The minimum atomic E-state index is -1.03. The average Bonchev–Trinajstić information content (AvgIpc) is 2.27. The fourth-order valence-corrected chi connectivity index (χ4v) is 1.73. The van der Waals surface area contributed by atoms with Crippen molar-refractivity contribution in [3.05, 3.63) is 34.6 Å². The Kier molecular flexibility index (Phi) is 5.09. The zero-order chi connectivity index (χ0) is 13.7. The highest BCUT2D eigenvalue weighted by Crippen LogP contribution is 2.19. The standard InChI is InChI=1S/C12H13ClFNO3/c1-2-7(6-10(16)17)15-12(18)11-8(13)4-3-5-9(11)14/h3-5,7H,2,6H2,1H3,(H,15,18)(H,16,17). The Morgan fingerprint density at radius 2 is 2.17 bits per heavy atom. The third kappa shape index (κ3) is 3.70. The van der Waals surface area contributed by atoms with E-state index < -0.39 is 23.7 Å². The Bertz CT molecular complexity index is 444. The molecule has 0 aliphatic carbocycles. The molecule has 2 N–H and O–H groups in total. The summed E-state index contributed by atoms with van der Waals surface area (Å²) in [6, 6.07) is 3.37. The van der Waals surface area contributed by atoms with Crippen molar-refractivity contribution in [2.45, 2.75) is 25.8 Å². The monoisotopic (exact) mass is 273 g/mol. The third-order valence-electron chi connectivity index (χ3n) is 2.44. The van der Waals surface area contributed by atoms with Gasteiger partial charge in [-0.25, -0.2) is 4.39 Å². The van der Waals surface area contributed by atoms with Crippen molar-refractivity contribution < 1.29 is 19.1 Å². The number of rotatable bonds is 5. The van der Waals surface area contributed by atoms with Crippen LogP contribution in [0, 0.1) is 5.82 Å². The molecule has 0 fully saturated rings. The minimum absolute atomic E-state index is 0.00215. The first-order valence-corrected chi connectivity index (χ1v) is 5.80. The summed E-state index contributed by atoms with van der Waals surface area (Å²) >= 11 is 5.74. The number of hydrogen-bond acceptors (Lipinski definition) is 2. The second-order valence-corrected chi connectivity index (χ2v) is 4.18. The van der Waals surface area contributed by atoms with Crippen LogP contribution in [-0.4, -0.2) is 23.0 Å². The van der Waals surface area contributed by atoms with E-state index in [0.717, 1.165) is 6.07 Å². The van der Waals surface area contributed by atoms with E-state index in [2.05, 4.69) is 5.32 Å². The van der Waals surface area contributed by atoms with Gasteiger partial charge in [-0.2, -0.15) is 0 Å². The average molecular weight is 274 g/mol. The molecule has 6 heteroatoms. The van der Waals surface area contributed by atoms with Gasteiger partial charge in [0.25, 0.3) is 5.91 Å². The lowest BCUT2D eigenvalue weighted by Crippen LogP contribution is -2.36. The van der Waals surface area contributed by atoms with E-state index in [0.29, 0.717) is 6.42 Å². The normalized spacial score (nSPS) is 11.9. The molecule has 0 bridgehead atoms. The lowest BCUT2D eigenvalue weighted by atomic mass is 10.1. The van der Waals surface area contributed by atoms with Crippen LogP contribution in [0.5, 0.6) is 0 Å². The minimum Gasteiger partial charge on any atom is -0.481 e. The molecule has 0 radical (unpaired) electrons. The number of carboxylic acid groups (broad SMARTS) is 1. The molecular formula is C12H13ClFNO3. The van der Waals surface area contributed by atoms with Gasteiger partial charge in [-0.3, -0.25) is 9.59 Å². The number of hydrogen-bond donors (Lipinski definition) is 2. The van der Waals surface area contributed by atoms with E-state index >= 15 is 0 Å². The van der Waals surface area contributed by atoms with Crippen molar-refractivity contribution in [3.63, 3.8) is 0 Å². The number of aliphatic carboxylic acids is 1. The van der Waals surface area contributed by atoms with Crippen LogP contribution in [-0.2, 0) is 4.79 Å². The molecule has 0 spiro atoms. The summed E-state index contributed by atoms with van der Waals surface area (Å²) < 4.78 is 13.5. The third-order valence-corrected chi connectivity index (χ3v) is 2.75. The van der Waals surface area contributed by atoms with E-state index in [1.807, 2.05) is 0 Å². The van der Waals surface area contributed by atoms with Gasteiger partial charge < -0.3 is 10.4 Å². The van der Waals surface area contributed by atoms with Gasteiger partial charge in [0.05, 0.1) is 17.0 Å². The van der Waals surface area contributed by atoms with Crippen molar-refractivity contribution >= 4 is 23.5 Å². The molecule has 1 atom stereocenters. The van der Waals surface area contributed by atoms with Crippen LogP contribution in [0.1, 0.15) is 30.1 Å². The second-order valence-electron chi connectivity index (χ2n) is 3.77. The van der Waals surface area contributed by atoms with Gasteiger partial charge in [-0.1, -0.05) is 24.6 Å². The maximum absolute atomic E-state index is 13.5. The fraction of sp³-hybridized carbons (Fsp3) is 0.333. The molecule has 1 aromatic carbocycles. The predicted octanol–water partition coefficient (Wildman–Crippen LogP) is 2.46. The molecule has 4 nitrogen and oxygen atoms in total. The molecular weight excluding hydrogens is 261 g/mol. The van der Waals surface area contributed by atoms with E-state index in [1.54, 1.807) is 6.92 Å². The van der Waals surface area contributed by atoms with Crippen LogP contribution < -0.4 is 5.32 Å². The first-order valence-electron chi connectivity index (χ1n) is 5.42. The van der Waals surface area contributed by atoms with Gasteiger partial charge in [-0.15, -0.1) is 0 Å². The quantitative estimate of drug-likeness (QED) is 0.866. The SMILES string of the molecule is CCC(CC(=O)O)NC(=O)c1c(F)cccc1Cl. The zero-order valence-corrected chi connectivity index (χ0v) is 10.5. The molecule has 1 amide bonds. The van der Waals surface area contributed by atoms with Gasteiger partial charge in [-0.05, 0) is 18.6 Å². The first-order chi connectivity index (χ1) is 8.45. The Hall–Kier alpha value is -1.62. The molecule has 1 unspecified atom stereocenters. The number of halogens is 2. The van der Waals surface area contributed by atoms with E-state index in [1.165, 1.54) is 12.1 Å². The van der Waals surface area contributed by atoms with Crippen LogP contribution in [0.4, 0.5) is 4.39 Å². The van der Waals surface area contributed by atoms with E-state index in [4.69, 9.17) is 16.7 Å². The second kappa shape index (κ2) is 6.35. The van der Waals surface area contributed by atoms with Gasteiger partial charge >= 0.3 is 5.97 Å². The number of carboxylic acids is 1. The van der Waals surface area contributed by atoms with Crippen LogP contribution in [0.25, 0.3) is 0 Å². The summed E-state index contributed by atoms with van der Waals surface area (Å²) in [6.07, 6.45) is 0.221. The number of carbonyl (C=O) groups is 2. The molecule has 0 aromatic heterocycles. The van der Waals surface area contributed by atoms with E-state index in [-0.39, 0.29) is 17.0 Å². The summed E-state index contributed by atoms with van der Waals surface area (Å²) in [5.41, 5.74) is -0.261. The largest absolute Gasteiger partial charge is 0.481 e. The maximum Gasteiger partial charge on any atom is 0.305 e. The molecule has 1 aromatic rings. The number of carbonyl (C=O) groups excluding carboxylic acids is 1. The molecule has 0 saturated heterocycles. The molecule has 98 valence electrons. The van der Waals surface area contributed by atoms with Crippen LogP contribution >= 0.6 is 11.6 Å². The fourth-order valence-electron chi connectivity index (χ4n) is 1.48. The van der Waals surface area contributed by atoms with Gasteiger partial charge in [0, 0.05) is 6.04 Å². The molecule has 0 aliphatic heterocycles. The zero-order valence-electron chi connectivity index (χ0n) is 9.74. The highest BCUT2D eigenvalue weighted by molar-refractivity contribution is 6.33. The molecule has 1 rings (SSSR count). The molecule has 0 aliphatic rings. The Morgan fingerprint density at radius 1 is 1.50 bits per heavy atom. The van der Waals surface area contributed by atoms with Gasteiger partial charge in [0.15, 0.2) is 0 Å². The summed E-state index contributed by atoms with van der Waals surface area (Å²) in [7, 11) is 0. The highest BCUT2D eigenvalue weighted by atomic mass is 35.5. The number of amides is 1. The summed E-state index contributed by atoms with van der Waals surface area (Å²) in [5.74, 6) is -2.46. The van der Waals surface area contributed by atoms with Crippen LogP contribution in [0.3, 0.4) is 0 Å². The van der Waals surface area contributed by atoms with Crippen molar-refractivity contribution in [2.24, 2.45) is 0 Å². The summed E-state index contributed by atoms with van der Waals surface area (Å²) in [5, 5.41) is 11.1.